The quantitative estimate of drug-likeness (QED) is 0.852. The number of nitrogens with zero attached hydrogens (tertiary/aromatic N) is 1. The number of ether oxygens (including phenoxy) is 1. The molecule has 0 saturated heterocycles. The first-order chi connectivity index (χ1) is 8.56. The number of carbonyl (C=O) groups excluding carboxylic acids is 2. The topological polar surface area (TPSA) is 58.6 Å². The largest absolute Gasteiger partial charge is 0.453 e. The van der Waals surface area contributed by atoms with E-state index < -0.39 is 6.09 Å². The first kappa shape index (κ1) is 14.3. The van der Waals surface area contributed by atoms with Crippen molar-refractivity contribution in [2.24, 2.45) is 0 Å². The molecule has 1 rings (SSSR count). The van der Waals surface area contributed by atoms with Crippen LogP contribution in [0.25, 0.3) is 0 Å². The van der Waals surface area contributed by atoms with E-state index in [1.807, 2.05) is 12.1 Å². The van der Waals surface area contributed by atoms with Crippen molar-refractivity contribution in [1.29, 1.82) is 0 Å². The molecular formula is C12H15ClN2O3. The summed E-state index contributed by atoms with van der Waals surface area (Å²) >= 11 is 5.38. The molecule has 0 spiro atoms. The molecule has 0 aliphatic heterocycles. The van der Waals surface area contributed by atoms with Gasteiger partial charge in [-0.1, -0.05) is 12.1 Å². The lowest BCUT2D eigenvalue weighted by Gasteiger charge is -2.15. The number of carbonyl (C=O) groups is 2. The van der Waals surface area contributed by atoms with Crippen molar-refractivity contribution in [2.75, 3.05) is 25.4 Å². The van der Waals surface area contributed by atoms with Crippen molar-refractivity contribution in [3.05, 3.63) is 29.8 Å². The number of amides is 2. The van der Waals surface area contributed by atoms with Crippen molar-refractivity contribution in [3.8, 4) is 0 Å². The fourth-order valence-electron chi connectivity index (χ4n) is 1.38. The highest BCUT2D eigenvalue weighted by atomic mass is 35.5. The van der Waals surface area contributed by atoms with Gasteiger partial charge in [-0.2, -0.15) is 0 Å². The van der Waals surface area contributed by atoms with Gasteiger partial charge in [0.1, 0.15) is 5.88 Å². The van der Waals surface area contributed by atoms with Gasteiger partial charge in [0.25, 0.3) is 0 Å². The van der Waals surface area contributed by atoms with Crippen molar-refractivity contribution in [3.63, 3.8) is 0 Å². The Balaban J connectivity index is 2.60. The third kappa shape index (κ3) is 4.25. The van der Waals surface area contributed by atoms with Crippen LogP contribution in [0, 0.1) is 0 Å². The predicted octanol–water partition coefficient (Wildman–Crippen LogP) is 2.06. The molecule has 5 nitrogen and oxygen atoms in total. The highest BCUT2D eigenvalue weighted by Gasteiger charge is 2.08. The SMILES string of the molecule is COC(=O)N(C)Cc1ccc(NC(=O)CCl)cc1. The molecule has 0 aliphatic rings. The molecule has 1 aromatic rings. The highest BCUT2D eigenvalue weighted by molar-refractivity contribution is 6.29. The molecule has 0 atom stereocenters. The minimum atomic E-state index is -0.394. The average molecular weight is 271 g/mol. The van der Waals surface area contributed by atoms with Crippen LogP contribution in [0.2, 0.25) is 0 Å². The molecule has 0 aromatic heterocycles. The summed E-state index contributed by atoms with van der Waals surface area (Å²) in [7, 11) is 2.98. The van der Waals surface area contributed by atoms with Crippen LogP contribution in [0.4, 0.5) is 10.5 Å². The molecule has 0 heterocycles. The molecule has 0 radical (unpaired) electrons. The lowest BCUT2D eigenvalue weighted by atomic mass is 10.2. The van der Waals surface area contributed by atoms with Gasteiger partial charge in [-0.15, -0.1) is 11.6 Å². The van der Waals surface area contributed by atoms with Gasteiger partial charge in [-0.3, -0.25) is 4.79 Å². The van der Waals surface area contributed by atoms with Gasteiger partial charge in [0.05, 0.1) is 7.11 Å². The Labute approximate surface area is 111 Å². The maximum atomic E-state index is 11.2. The molecule has 6 heteroatoms. The molecule has 18 heavy (non-hydrogen) atoms. The van der Waals surface area contributed by atoms with E-state index in [2.05, 4.69) is 10.1 Å². The second-order valence-corrected chi connectivity index (χ2v) is 3.97. The van der Waals surface area contributed by atoms with E-state index >= 15 is 0 Å². The third-order valence-corrected chi connectivity index (χ3v) is 2.51. The molecule has 98 valence electrons. The molecule has 0 fully saturated rings. The lowest BCUT2D eigenvalue weighted by molar-refractivity contribution is -0.113. The summed E-state index contributed by atoms with van der Waals surface area (Å²) in [6.07, 6.45) is -0.394. The number of alkyl halides is 1. The number of methoxy groups -OCH3 is 1. The van der Waals surface area contributed by atoms with Crippen molar-refractivity contribution < 1.29 is 14.3 Å². The predicted molar refractivity (Wildman–Crippen MR) is 69.7 cm³/mol. The zero-order valence-corrected chi connectivity index (χ0v) is 11.0. The average Bonchev–Trinajstić information content (AvgIpc) is 2.39. The summed E-state index contributed by atoms with van der Waals surface area (Å²) in [5, 5.41) is 2.63. The first-order valence-electron chi connectivity index (χ1n) is 5.30. The fraction of sp³-hybridized carbons (Fsp3) is 0.333. The third-order valence-electron chi connectivity index (χ3n) is 2.27. The number of hydrogen-bond acceptors (Lipinski definition) is 3. The van der Waals surface area contributed by atoms with E-state index in [1.165, 1.54) is 12.0 Å². The summed E-state index contributed by atoms with van der Waals surface area (Å²) in [4.78, 5) is 23.7. The second kappa shape index (κ2) is 6.86. The van der Waals surface area contributed by atoms with Crippen molar-refractivity contribution >= 4 is 29.3 Å². The van der Waals surface area contributed by atoms with Crippen molar-refractivity contribution in [1.82, 2.24) is 4.90 Å². The van der Waals surface area contributed by atoms with Crippen LogP contribution in [0.3, 0.4) is 0 Å². The van der Waals surface area contributed by atoms with Gasteiger partial charge >= 0.3 is 6.09 Å². The van der Waals surface area contributed by atoms with Crippen LogP contribution < -0.4 is 5.32 Å². The van der Waals surface area contributed by atoms with Crippen LogP contribution in [-0.2, 0) is 16.1 Å². The molecule has 0 aliphatic carbocycles. The standard InChI is InChI=1S/C12H15ClN2O3/c1-15(12(17)18-2)8-9-3-5-10(6-4-9)14-11(16)7-13/h3-6H,7-8H2,1-2H3,(H,14,16). The van der Waals surface area contributed by atoms with E-state index in [0.29, 0.717) is 12.2 Å². The van der Waals surface area contributed by atoms with Gasteiger partial charge in [-0.25, -0.2) is 4.79 Å². The fourth-order valence-corrected chi connectivity index (χ4v) is 1.45. The number of nitrogens with one attached hydrogen (secondary N) is 1. The smallest absolute Gasteiger partial charge is 0.409 e. The number of anilines is 1. The second-order valence-electron chi connectivity index (χ2n) is 3.70. The van der Waals surface area contributed by atoms with E-state index in [4.69, 9.17) is 11.6 Å². The van der Waals surface area contributed by atoms with Gasteiger partial charge in [0, 0.05) is 19.3 Å². The maximum Gasteiger partial charge on any atom is 0.409 e. The van der Waals surface area contributed by atoms with E-state index in [9.17, 15) is 9.59 Å². The number of rotatable bonds is 4. The Kier molecular flexibility index (Phi) is 5.45. The van der Waals surface area contributed by atoms with E-state index in [1.54, 1.807) is 19.2 Å². The van der Waals surface area contributed by atoms with Crippen LogP contribution >= 0.6 is 11.6 Å². The molecule has 2 amide bonds. The number of hydrogen-bond donors (Lipinski definition) is 1. The summed E-state index contributed by atoms with van der Waals surface area (Å²) in [5.74, 6) is -0.330. The van der Waals surface area contributed by atoms with Gasteiger partial charge in [0.15, 0.2) is 0 Å². The highest BCUT2D eigenvalue weighted by Crippen LogP contribution is 2.11. The first-order valence-corrected chi connectivity index (χ1v) is 5.84. The number of benzene rings is 1. The Hall–Kier alpha value is -1.75. The zero-order valence-electron chi connectivity index (χ0n) is 10.3. The van der Waals surface area contributed by atoms with E-state index in [-0.39, 0.29) is 11.8 Å². The zero-order chi connectivity index (χ0) is 13.5. The molecule has 0 saturated carbocycles. The minimum absolute atomic E-state index is 0.0766. The lowest BCUT2D eigenvalue weighted by Crippen LogP contribution is -2.25. The van der Waals surface area contributed by atoms with E-state index in [0.717, 1.165) is 5.56 Å². The van der Waals surface area contributed by atoms with Crippen LogP contribution in [0.5, 0.6) is 0 Å². The summed E-state index contributed by atoms with van der Waals surface area (Å²) in [6.45, 7) is 0.441. The molecule has 1 aromatic carbocycles. The monoisotopic (exact) mass is 270 g/mol. The van der Waals surface area contributed by atoms with Gasteiger partial charge < -0.3 is 15.0 Å². The summed E-state index contributed by atoms with van der Waals surface area (Å²) < 4.78 is 4.59. The normalized spacial score (nSPS) is 9.72. The van der Waals surface area contributed by atoms with Crippen LogP contribution in [0.15, 0.2) is 24.3 Å². The Morgan fingerprint density at radius 1 is 1.33 bits per heavy atom. The molecule has 0 bridgehead atoms. The number of halogens is 1. The Bertz CT molecular complexity index is 420. The summed E-state index contributed by atoms with van der Waals surface area (Å²) in [6, 6.07) is 7.16. The van der Waals surface area contributed by atoms with Crippen LogP contribution in [-0.4, -0.2) is 36.9 Å². The van der Waals surface area contributed by atoms with Gasteiger partial charge in [-0.05, 0) is 17.7 Å². The Morgan fingerprint density at radius 2 is 1.94 bits per heavy atom. The van der Waals surface area contributed by atoms with Gasteiger partial charge in [0.2, 0.25) is 5.91 Å². The Morgan fingerprint density at radius 3 is 2.44 bits per heavy atom. The minimum Gasteiger partial charge on any atom is -0.453 e. The van der Waals surface area contributed by atoms with Crippen molar-refractivity contribution in [2.45, 2.75) is 6.54 Å². The molecular weight excluding hydrogens is 256 g/mol. The van der Waals surface area contributed by atoms with Crippen LogP contribution in [0.1, 0.15) is 5.56 Å². The summed E-state index contributed by atoms with van der Waals surface area (Å²) in [5.41, 5.74) is 1.61. The molecule has 1 N–H and O–H groups in total. The molecule has 0 unspecified atom stereocenters. The maximum absolute atomic E-state index is 11.2.